The van der Waals surface area contributed by atoms with Gasteiger partial charge in [-0.1, -0.05) is 13.8 Å². The zero-order chi connectivity index (χ0) is 14.5. The number of ether oxygens (including phenoxy) is 2. The lowest BCUT2D eigenvalue weighted by Gasteiger charge is -2.35. The smallest absolute Gasteiger partial charge is 0.138 e. The minimum absolute atomic E-state index is 0.0822. The van der Waals surface area contributed by atoms with Crippen molar-refractivity contribution in [2.75, 3.05) is 7.11 Å². The van der Waals surface area contributed by atoms with Crippen LogP contribution in [0.2, 0.25) is 0 Å². The second-order valence-corrected chi connectivity index (χ2v) is 5.00. The molecule has 0 aliphatic rings. The molecule has 1 rings (SSSR count). The molecule has 0 saturated carbocycles. The van der Waals surface area contributed by atoms with Gasteiger partial charge in [-0.15, -0.1) is 0 Å². The van der Waals surface area contributed by atoms with Crippen LogP contribution in [0, 0.1) is 0 Å². The van der Waals surface area contributed by atoms with Crippen LogP contribution in [-0.2, 0) is 4.74 Å². The maximum Gasteiger partial charge on any atom is 0.138 e. The summed E-state index contributed by atoms with van der Waals surface area (Å²) in [5.74, 6) is 0.670. The third-order valence-electron chi connectivity index (χ3n) is 3.52. The molecular formula is C15H25NO3. The van der Waals surface area contributed by atoms with E-state index in [2.05, 4.69) is 4.98 Å². The maximum atomic E-state index is 10.6. The topological polar surface area (TPSA) is 51.6 Å². The molecule has 0 aromatic carbocycles. The Kier molecular flexibility index (Phi) is 5.76. The summed E-state index contributed by atoms with van der Waals surface area (Å²) < 4.78 is 11.2. The van der Waals surface area contributed by atoms with Gasteiger partial charge in [0, 0.05) is 18.9 Å². The second kappa shape index (κ2) is 6.87. The van der Waals surface area contributed by atoms with Gasteiger partial charge >= 0.3 is 0 Å². The molecule has 0 amide bonds. The summed E-state index contributed by atoms with van der Waals surface area (Å²) >= 11 is 0. The summed E-state index contributed by atoms with van der Waals surface area (Å²) in [6, 6.07) is 1.83. The average molecular weight is 267 g/mol. The molecule has 1 atom stereocenters. The zero-order valence-corrected chi connectivity index (χ0v) is 12.5. The van der Waals surface area contributed by atoms with Gasteiger partial charge in [0.15, 0.2) is 0 Å². The van der Waals surface area contributed by atoms with Gasteiger partial charge in [0.1, 0.15) is 11.9 Å². The van der Waals surface area contributed by atoms with Crippen LogP contribution in [0.4, 0.5) is 0 Å². The van der Waals surface area contributed by atoms with E-state index in [1.54, 1.807) is 19.5 Å². The van der Waals surface area contributed by atoms with E-state index in [-0.39, 0.29) is 6.10 Å². The lowest BCUT2D eigenvalue weighted by molar-refractivity contribution is -0.110. The van der Waals surface area contributed by atoms with Crippen LogP contribution in [0.5, 0.6) is 5.75 Å². The van der Waals surface area contributed by atoms with Crippen molar-refractivity contribution in [1.82, 2.24) is 4.98 Å². The summed E-state index contributed by atoms with van der Waals surface area (Å²) in [4.78, 5) is 4.13. The molecular weight excluding hydrogens is 242 g/mol. The number of rotatable bonds is 7. The van der Waals surface area contributed by atoms with Crippen molar-refractivity contribution in [3.8, 4) is 5.75 Å². The van der Waals surface area contributed by atoms with E-state index < -0.39 is 11.7 Å². The van der Waals surface area contributed by atoms with E-state index in [1.807, 2.05) is 33.8 Å². The van der Waals surface area contributed by atoms with Crippen molar-refractivity contribution in [3.63, 3.8) is 0 Å². The molecule has 0 spiro atoms. The Balaban J connectivity index is 3.01. The predicted molar refractivity (Wildman–Crippen MR) is 75.3 cm³/mol. The largest absolute Gasteiger partial charge is 0.489 e. The molecule has 4 nitrogen and oxygen atoms in total. The number of nitrogens with zero attached hydrogens (tertiary/aromatic N) is 1. The Morgan fingerprint density at radius 3 is 2.37 bits per heavy atom. The molecule has 108 valence electrons. The standard InChI is InChI=1S/C15H25NO3/c1-6-15(7-2,18-5)14(17)12-8-13(10-16-9-12)19-11(3)4/h8-11,14,17H,6-7H2,1-5H3. The van der Waals surface area contributed by atoms with Gasteiger partial charge in [-0.2, -0.15) is 0 Å². The number of pyridine rings is 1. The fraction of sp³-hybridized carbons (Fsp3) is 0.667. The highest BCUT2D eigenvalue weighted by atomic mass is 16.5. The van der Waals surface area contributed by atoms with E-state index in [9.17, 15) is 5.11 Å². The van der Waals surface area contributed by atoms with E-state index >= 15 is 0 Å². The summed E-state index contributed by atoms with van der Waals surface area (Å²) in [6.45, 7) is 7.94. The van der Waals surface area contributed by atoms with Crippen molar-refractivity contribution in [1.29, 1.82) is 0 Å². The molecule has 1 N–H and O–H groups in total. The number of hydrogen-bond acceptors (Lipinski definition) is 4. The van der Waals surface area contributed by atoms with Gasteiger partial charge in [-0.25, -0.2) is 0 Å². The Hall–Kier alpha value is -1.13. The fourth-order valence-corrected chi connectivity index (χ4v) is 2.26. The Morgan fingerprint density at radius 2 is 1.89 bits per heavy atom. The Bertz CT molecular complexity index is 380. The molecule has 1 aromatic rings. The van der Waals surface area contributed by atoms with Gasteiger partial charge in [-0.05, 0) is 32.8 Å². The maximum absolute atomic E-state index is 10.6. The van der Waals surface area contributed by atoms with Gasteiger partial charge < -0.3 is 14.6 Å². The molecule has 0 radical (unpaired) electrons. The van der Waals surface area contributed by atoms with Crippen LogP contribution in [0.1, 0.15) is 52.2 Å². The average Bonchev–Trinajstić information content (AvgIpc) is 2.40. The molecule has 0 aliphatic carbocycles. The third kappa shape index (κ3) is 3.67. The second-order valence-electron chi connectivity index (χ2n) is 5.00. The van der Waals surface area contributed by atoms with E-state index in [0.29, 0.717) is 5.75 Å². The first-order valence-electron chi connectivity index (χ1n) is 6.83. The van der Waals surface area contributed by atoms with E-state index in [1.165, 1.54) is 0 Å². The first-order valence-corrected chi connectivity index (χ1v) is 6.83. The first-order chi connectivity index (χ1) is 8.99. The van der Waals surface area contributed by atoms with Crippen LogP contribution in [0.15, 0.2) is 18.5 Å². The van der Waals surface area contributed by atoms with Crippen molar-refractivity contribution in [2.45, 2.75) is 58.3 Å². The van der Waals surface area contributed by atoms with Crippen LogP contribution >= 0.6 is 0 Å². The van der Waals surface area contributed by atoms with Crippen molar-refractivity contribution in [2.24, 2.45) is 0 Å². The molecule has 19 heavy (non-hydrogen) atoms. The molecule has 1 aromatic heterocycles. The van der Waals surface area contributed by atoms with Gasteiger partial charge in [0.25, 0.3) is 0 Å². The highest BCUT2D eigenvalue weighted by molar-refractivity contribution is 5.27. The summed E-state index contributed by atoms with van der Waals surface area (Å²) in [5.41, 5.74) is 0.154. The zero-order valence-electron chi connectivity index (χ0n) is 12.5. The molecule has 0 aliphatic heterocycles. The lowest BCUT2D eigenvalue weighted by atomic mass is 9.86. The molecule has 0 fully saturated rings. The summed E-state index contributed by atoms with van der Waals surface area (Å²) in [5, 5.41) is 10.6. The van der Waals surface area contributed by atoms with Crippen molar-refractivity contribution < 1.29 is 14.6 Å². The number of aromatic nitrogens is 1. The summed E-state index contributed by atoms with van der Waals surface area (Å²) in [6.07, 6.45) is 4.15. The molecule has 0 bridgehead atoms. The molecule has 1 heterocycles. The molecule has 0 saturated heterocycles. The van der Waals surface area contributed by atoms with Crippen LogP contribution in [0.3, 0.4) is 0 Å². The first kappa shape index (κ1) is 15.9. The minimum atomic E-state index is -0.712. The van der Waals surface area contributed by atoms with Crippen LogP contribution in [0.25, 0.3) is 0 Å². The van der Waals surface area contributed by atoms with Gasteiger partial charge in [0.05, 0.1) is 17.9 Å². The highest BCUT2D eigenvalue weighted by Gasteiger charge is 2.36. The van der Waals surface area contributed by atoms with Crippen LogP contribution < -0.4 is 4.74 Å². The predicted octanol–water partition coefficient (Wildman–Crippen LogP) is 3.11. The minimum Gasteiger partial charge on any atom is -0.489 e. The summed E-state index contributed by atoms with van der Waals surface area (Å²) in [7, 11) is 1.64. The Morgan fingerprint density at radius 1 is 1.26 bits per heavy atom. The van der Waals surface area contributed by atoms with Crippen molar-refractivity contribution in [3.05, 3.63) is 24.0 Å². The van der Waals surface area contributed by atoms with Crippen molar-refractivity contribution >= 4 is 0 Å². The number of hydrogen-bond donors (Lipinski definition) is 1. The van der Waals surface area contributed by atoms with Gasteiger partial charge in [0.2, 0.25) is 0 Å². The molecule has 4 heteroatoms. The number of aliphatic hydroxyl groups is 1. The number of methoxy groups -OCH3 is 1. The number of aliphatic hydroxyl groups excluding tert-OH is 1. The van der Waals surface area contributed by atoms with Gasteiger partial charge in [-0.3, -0.25) is 4.98 Å². The van der Waals surface area contributed by atoms with E-state index in [0.717, 1.165) is 18.4 Å². The van der Waals surface area contributed by atoms with Crippen LogP contribution in [-0.4, -0.2) is 28.9 Å². The monoisotopic (exact) mass is 267 g/mol. The normalized spacial score (nSPS) is 13.6. The quantitative estimate of drug-likeness (QED) is 0.824. The molecule has 1 unspecified atom stereocenters. The fourth-order valence-electron chi connectivity index (χ4n) is 2.26. The SMILES string of the molecule is CCC(CC)(OC)C(O)c1cncc(OC(C)C)c1. The van der Waals surface area contributed by atoms with E-state index in [4.69, 9.17) is 9.47 Å². The third-order valence-corrected chi connectivity index (χ3v) is 3.52. The Labute approximate surface area is 115 Å². The lowest BCUT2D eigenvalue weighted by Crippen LogP contribution is -2.37. The highest BCUT2D eigenvalue weighted by Crippen LogP contribution is 2.35.